The van der Waals surface area contributed by atoms with Gasteiger partial charge in [0.15, 0.2) is 0 Å². The molecule has 2 fully saturated rings. The smallest absolute Gasteiger partial charge is 0.338 e. The summed E-state index contributed by atoms with van der Waals surface area (Å²) >= 11 is 6.69. The minimum absolute atomic E-state index is 0.132. The number of amides is 1. The Morgan fingerprint density at radius 1 is 1.12 bits per heavy atom. The van der Waals surface area contributed by atoms with Crippen molar-refractivity contribution in [1.29, 1.82) is 0 Å². The first-order valence-corrected chi connectivity index (χ1v) is 12.1. The van der Waals surface area contributed by atoms with Crippen LogP contribution in [0.5, 0.6) is 0 Å². The number of carbonyl (C=O) groups excluding carboxylic acids is 2. The SMILES string of the molecule is O=C(OC1CCOC1)c1ccc(-c2ccc(/C=C3/SC(=S)N(Cc4ccccc4)C3=O)o2)cc1. The van der Waals surface area contributed by atoms with Crippen molar-refractivity contribution in [2.24, 2.45) is 0 Å². The van der Waals surface area contributed by atoms with E-state index in [0.29, 0.717) is 46.1 Å². The van der Waals surface area contributed by atoms with Crippen molar-refractivity contribution in [3.05, 3.63) is 88.5 Å². The van der Waals surface area contributed by atoms with Crippen molar-refractivity contribution >= 4 is 46.3 Å². The number of benzene rings is 2. The van der Waals surface area contributed by atoms with Crippen molar-refractivity contribution in [2.75, 3.05) is 13.2 Å². The third-order valence-corrected chi connectivity index (χ3v) is 6.90. The molecule has 2 aliphatic rings. The van der Waals surface area contributed by atoms with Gasteiger partial charge >= 0.3 is 5.97 Å². The molecular formula is C26H21NO5S2. The lowest BCUT2D eigenvalue weighted by Gasteiger charge is -2.14. The molecule has 3 heterocycles. The van der Waals surface area contributed by atoms with E-state index in [9.17, 15) is 9.59 Å². The lowest BCUT2D eigenvalue weighted by atomic mass is 10.1. The zero-order chi connectivity index (χ0) is 23.5. The quantitative estimate of drug-likeness (QED) is 0.264. The minimum Gasteiger partial charge on any atom is -0.457 e. The van der Waals surface area contributed by atoms with E-state index in [1.807, 2.05) is 48.5 Å². The Bertz CT molecular complexity index is 1240. The van der Waals surface area contributed by atoms with Crippen LogP contribution in [0.1, 0.15) is 28.1 Å². The number of thiocarbonyl (C=S) groups is 1. The first-order chi connectivity index (χ1) is 16.6. The predicted octanol–water partition coefficient (Wildman–Crippen LogP) is 5.29. The number of hydrogen-bond acceptors (Lipinski definition) is 7. The first kappa shape index (κ1) is 22.6. The van der Waals surface area contributed by atoms with E-state index in [-0.39, 0.29) is 18.0 Å². The van der Waals surface area contributed by atoms with Gasteiger partial charge in [-0.3, -0.25) is 9.69 Å². The highest BCUT2D eigenvalue weighted by Crippen LogP contribution is 2.34. The molecule has 0 radical (unpaired) electrons. The van der Waals surface area contributed by atoms with Crippen LogP contribution in [0.2, 0.25) is 0 Å². The highest BCUT2D eigenvalue weighted by atomic mass is 32.2. The maximum absolute atomic E-state index is 12.9. The molecule has 0 spiro atoms. The van der Waals surface area contributed by atoms with Crippen LogP contribution in [0.3, 0.4) is 0 Å². The van der Waals surface area contributed by atoms with Crippen molar-refractivity contribution < 1.29 is 23.5 Å². The topological polar surface area (TPSA) is 69.0 Å². The third kappa shape index (κ3) is 4.99. The Morgan fingerprint density at radius 2 is 1.91 bits per heavy atom. The predicted molar refractivity (Wildman–Crippen MR) is 134 cm³/mol. The maximum atomic E-state index is 12.9. The molecule has 0 bridgehead atoms. The van der Waals surface area contributed by atoms with Gasteiger partial charge in [-0.2, -0.15) is 0 Å². The standard InChI is InChI=1S/C26H21NO5S2/c28-24-23(34-26(33)27(24)15-17-4-2-1-3-5-17)14-20-10-11-22(31-20)18-6-8-19(9-7-18)25(29)32-21-12-13-30-16-21/h1-11,14,21H,12-13,15-16H2/b23-14+. The number of carbonyl (C=O) groups is 2. The molecule has 2 saturated heterocycles. The fourth-order valence-electron chi connectivity index (χ4n) is 3.71. The highest BCUT2D eigenvalue weighted by Gasteiger charge is 2.32. The molecule has 0 aliphatic carbocycles. The number of furan rings is 1. The van der Waals surface area contributed by atoms with Crippen LogP contribution in [0.15, 0.2) is 76.1 Å². The lowest BCUT2D eigenvalue weighted by molar-refractivity contribution is -0.122. The van der Waals surface area contributed by atoms with Crippen LogP contribution in [-0.4, -0.2) is 40.4 Å². The summed E-state index contributed by atoms with van der Waals surface area (Å²) in [6, 6.07) is 20.4. The Labute approximate surface area is 206 Å². The van der Waals surface area contributed by atoms with Crippen LogP contribution in [0, 0.1) is 0 Å². The molecule has 1 unspecified atom stereocenters. The molecule has 1 aromatic heterocycles. The monoisotopic (exact) mass is 491 g/mol. The van der Waals surface area contributed by atoms with Crippen LogP contribution in [-0.2, 0) is 20.8 Å². The molecule has 5 rings (SSSR count). The number of ether oxygens (including phenoxy) is 2. The molecule has 1 atom stereocenters. The zero-order valence-corrected chi connectivity index (χ0v) is 19.8. The second-order valence-electron chi connectivity index (χ2n) is 7.92. The summed E-state index contributed by atoms with van der Waals surface area (Å²) in [5.74, 6) is 0.696. The summed E-state index contributed by atoms with van der Waals surface area (Å²) in [6.07, 6.45) is 2.26. The Kier molecular flexibility index (Phi) is 6.62. The molecule has 2 aromatic carbocycles. The fourth-order valence-corrected chi connectivity index (χ4v) is 4.95. The summed E-state index contributed by atoms with van der Waals surface area (Å²) in [5, 5.41) is 0. The van der Waals surface area contributed by atoms with Crippen LogP contribution < -0.4 is 0 Å². The Morgan fingerprint density at radius 3 is 2.65 bits per heavy atom. The van der Waals surface area contributed by atoms with Gasteiger partial charge in [0, 0.05) is 18.1 Å². The number of thioether (sulfide) groups is 1. The van der Waals surface area contributed by atoms with Gasteiger partial charge in [-0.25, -0.2) is 4.79 Å². The van der Waals surface area contributed by atoms with Gasteiger partial charge in [0.1, 0.15) is 21.9 Å². The van der Waals surface area contributed by atoms with Crippen LogP contribution >= 0.6 is 24.0 Å². The molecule has 1 amide bonds. The summed E-state index contributed by atoms with van der Waals surface area (Å²) in [5.41, 5.74) is 2.31. The first-order valence-electron chi connectivity index (χ1n) is 10.8. The summed E-state index contributed by atoms with van der Waals surface area (Å²) < 4.78 is 17.1. The largest absolute Gasteiger partial charge is 0.457 e. The van der Waals surface area contributed by atoms with Crippen molar-refractivity contribution in [1.82, 2.24) is 4.90 Å². The number of rotatable bonds is 6. The number of esters is 1. The highest BCUT2D eigenvalue weighted by molar-refractivity contribution is 8.26. The molecule has 6 nitrogen and oxygen atoms in total. The van der Waals surface area contributed by atoms with Gasteiger partial charge in [0.25, 0.3) is 5.91 Å². The van der Waals surface area contributed by atoms with Gasteiger partial charge in [0.2, 0.25) is 0 Å². The molecule has 3 aromatic rings. The van der Waals surface area contributed by atoms with E-state index < -0.39 is 0 Å². The molecule has 8 heteroatoms. The summed E-state index contributed by atoms with van der Waals surface area (Å²) in [7, 11) is 0. The molecule has 2 aliphatic heterocycles. The van der Waals surface area contributed by atoms with E-state index in [1.54, 1.807) is 29.2 Å². The van der Waals surface area contributed by atoms with Crippen LogP contribution in [0.4, 0.5) is 0 Å². The number of hydrogen-bond donors (Lipinski definition) is 0. The molecule has 0 saturated carbocycles. The average Bonchev–Trinajstić information content (AvgIpc) is 3.59. The van der Waals surface area contributed by atoms with Gasteiger partial charge < -0.3 is 13.9 Å². The third-order valence-electron chi connectivity index (χ3n) is 5.52. The van der Waals surface area contributed by atoms with Gasteiger partial charge in [-0.15, -0.1) is 0 Å². The Hall–Kier alpha value is -3.20. The van der Waals surface area contributed by atoms with E-state index in [0.717, 1.165) is 17.5 Å². The lowest BCUT2D eigenvalue weighted by Crippen LogP contribution is -2.27. The van der Waals surface area contributed by atoms with E-state index in [2.05, 4.69) is 0 Å². The maximum Gasteiger partial charge on any atom is 0.338 e. The number of nitrogens with zero attached hydrogens (tertiary/aromatic N) is 1. The molecule has 34 heavy (non-hydrogen) atoms. The van der Waals surface area contributed by atoms with E-state index >= 15 is 0 Å². The minimum atomic E-state index is -0.361. The fraction of sp³-hybridized carbons (Fsp3) is 0.192. The van der Waals surface area contributed by atoms with Gasteiger partial charge in [-0.1, -0.05) is 66.4 Å². The zero-order valence-electron chi connectivity index (χ0n) is 18.1. The molecular weight excluding hydrogens is 470 g/mol. The van der Waals surface area contributed by atoms with Crippen molar-refractivity contribution in [3.63, 3.8) is 0 Å². The second kappa shape index (κ2) is 9.97. The summed E-state index contributed by atoms with van der Waals surface area (Å²) in [4.78, 5) is 27.3. The van der Waals surface area contributed by atoms with Gasteiger partial charge in [-0.05, 0) is 29.8 Å². The second-order valence-corrected chi connectivity index (χ2v) is 9.60. The normalized spacial score (nSPS) is 19.2. The Balaban J connectivity index is 1.26. The van der Waals surface area contributed by atoms with E-state index in [1.165, 1.54) is 11.8 Å². The summed E-state index contributed by atoms with van der Waals surface area (Å²) in [6.45, 7) is 1.51. The van der Waals surface area contributed by atoms with E-state index in [4.69, 9.17) is 26.1 Å². The van der Waals surface area contributed by atoms with Crippen molar-refractivity contribution in [3.8, 4) is 11.3 Å². The molecule has 0 N–H and O–H groups in total. The molecule has 172 valence electrons. The van der Waals surface area contributed by atoms with Crippen LogP contribution in [0.25, 0.3) is 17.4 Å². The van der Waals surface area contributed by atoms with Gasteiger partial charge in [0.05, 0.1) is 30.2 Å². The average molecular weight is 492 g/mol. The van der Waals surface area contributed by atoms with Crippen molar-refractivity contribution in [2.45, 2.75) is 19.1 Å².